The van der Waals surface area contributed by atoms with Gasteiger partial charge >= 0.3 is 0 Å². The minimum absolute atomic E-state index is 0.164. The largest absolute Gasteiger partial charge is 0.378 e. The van der Waals surface area contributed by atoms with Gasteiger partial charge in [0.15, 0.2) is 0 Å². The van der Waals surface area contributed by atoms with E-state index >= 15 is 0 Å². The van der Waals surface area contributed by atoms with Crippen molar-refractivity contribution in [3.63, 3.8) is 0 Å². The van der Waals surface area contributed by atoms with Crippen LogP contribution in [0.15, 0.2) is 4.52 Å². The molecule has 122 valence electrons. The standard InChI is InChI=1S/C15H24N4O3/c1-11-13(12(2)22-17-11)9-18-4-6-19(7-5-18)15(20)14-10-21-8-3-16-14/h14,16H,3-10H2,1-2H3/t14-/m0/s1. The second-order valence-electron chi connectivity index (χ2n) is 5.99. The molecule has 2 saturated heterocycles. The predicted molar refractivity (Wildman–Crippen MR) is 80.4 cm³/mol. The number of carbonyl (C=O) groups excluding carboxylic acids is 1. The van der Waals surface area contributed by atoms with E-state index in [2.05, 4.69) is 15.4 Å². The maximum atomic E-state index is 12.4. The monoisotopic (exact) mass is 308 g/mol. The summed E-state index contributed by atoms with van der Waals surface area (Å²) in [5, 5.41) is 7.23. The zero-order chi connectivity index (χ0) is 15.5. The quantitative estimate of drug-likeness (QED) is 0.842. The van der Waals surface area contributed by atoms with E-state index in [4.69, 9.17) is 9.26 Å². The molecule has 0 saturated carbocycles. The summed E-state index contributed by atoms with van der Waals surface area (Å²) in [6.07, 6.45) is 0. The van der Waals surface area contributed by atoms with Gasteiger partial charge in [-0.1, -0.05) is 5.16 Å². The molecule has 3 rings (SSSR count). The number of piperazine rings is 1. The Morgan fingerprint density at radius 3 is 2.68 bits per heavy atom. The molecule has 0 unspecified atom stereocenters. The Kier molecular flexibility index (Phi) is 4.75. The molecule has 7 nitrogen and oxygen atoms in total. The zero-order valence-electron chi connectivity index (χ0n) is 13.3. The van der Waals surface area contributed by atoms with Crippen LogP contribution < -0.4 is 5.32 Å². The molecule has 1 amide bonds. The van der Waals surface area contributed by atoms with Crippen LogP contribution >= 0.6 is 0 Å². The van der Waals surface area contributed by atoms with Gasteiger partial charge in [-0.25, -0.2) is 0 Å². The fourth-order valence-corrected chi connectivity index (χ4v) is 3.02. The Labute approximate surface area is 130 Å². The lowest BCUT2D eigenvalue weighted by atomic mass is 10.1. The molecule has 1 atom stereocenters. The van der Waals surface area contributed by atoms with Gasteiger partial charge in [-0.15, -0.1) is 0 Å². The van der Waals surface area contributed by atoms with Crippen LogP contribution in [0.25, 0.3) is 0 Å². The second-order valence-corrected chi connectivity index (χ2v) is 5.99. The molecule has 0 radical (unpaired) electrons. The highest BCUT2D eigenvalue weighted by molar-refractivity contribution is 5.82. The van der Waals surface area contributed by atoms with Crippen LogP contribution in [0.2, 0.25) is 0 Å². The highest BCUT2D eigenvalue weighted by Crippen LogP contribution is 2.16. The summed E-state index contributed by atoms with van der Waals surface area (Å²) < 4.78 is 10.6. The molecule has 1 aromatic heterocycles. The smallest absolute Gasteiger partial charge is 0.242 e. The van der Waals surface area contributed by atoms with Crippen molar-refractivity contribution >= 4 is 5.91 Å². The number of morpholine rings is 1. The molecule has 1 N–H and O–H groups in total. The average Bonchev–Trinajstić information content (AvgIpc) is 2.88. The maximum Gasteiger partial charge on any atom is 0.242 e. The van der Waals surface area contributed by atoms with Crippen LogP contribution in [0.4, 0.5) is 0 Å². The highest BCUT2D eigenvalue weighted by atomic mass is 16.5. The van der Waals surface area contributed by atoms with Crippen molar-refractivity contribution in [2.24, 2.45) is 0 Å². The molecule has 0 aliphatic carbocycles. The molecular formula is C15H24N4O3. The van der Waals surface area contributed by atoms with Crippen LogP contribution in [0.3, 0.4) is 0 Å². The van der Waals surface area contributed by atoms with Gasteiger partial charge in [0.1, 0.15) is 11.8 Å². The number of nitrogens with zero attached hydrogens (tertiary/aromatic N) is 3. The topological polar surface area (TPSA) is 70.8 Å². The predicted octanol–water partition coefficient (Wildman–Crippen LogP) is -0.0760. The third-order valence-corrected chi connectivity index (χ3v) is 4.47. The number of amides is 1. The summed E-state index contributed by atoms with van der Waals surface area (Å²) in [5.41, 5.74) is 2.13. The fourth-order valence-electron chi connectivity index (χ4n) is 3.02. The van der Waals surface area contributed by atoms with Gasteiger partial charge in [0.2, 0.25) is 5.91 Å². The van der Waals surface area contributed by atoms with Gasteiger partial charge in [0.05, 0.1) is 18.9 Å². The molecule has 1 aromatic rings. The number of ether oxygens (including phenoxy) is 1. The molecule has 3 heterocycles. The van der Waals surface area contributed by atoms with Crippen LogP contribution in [0.1, 0.15) is 17.0 Å². The molecule has 0 aromatic carbocycles. The van der Waals surface area contributed by atoms with Crippen molar-refractivity contribution in [1.82, 2.24) is 20.3 Å². The summed E-state index contributed by atoms with van der Waals surface area (Å²) in [6, 6.07) is -0.178. The normalized spacial score (nSPS) is 23.7. The minimum atomic E-state index is -0.178. The number of hydrogen-bond donors (Lipinski definition) is 1. The van der Waals surface area contributed by atoms with E-state index in [-0.39, 0.29) is 11.9 Å². The van der Waals surface area contributed by atoms with Gasteiger partial charge in [-0.2, -0.15) is 0 Å². The van der Waals surface area contributed by atoms with E-state index in [1.54, 1.807) is 0 Å². The van der Waals surface area contributed by atoms with Crippen molar-refractivity contribution in [1.29, 1.82) is 0 Å². The van der Waals surface area contributed by atoms with Gasteiger partial charge < -0.3 is 19.5 Å². The van der Waals surface area contributed by atoms with Crippen molar-refractivity contribution < 1.29 is 14.1 Å². The lowest BCUT2D eigenvalue weighted by Gasteiger charge is -2.37. The summed E-state index contributed by atoms with van der Waals surface area (Å²) >= 11 is 0. The zero-order valence-corrected chi connectivity index (χ0v) is 13.3. The van der Waals surface area contributed by atoms with Crippen molar-refractivity contribution in [3.8, 4) is 0 Å². The van der Waals surface area contributed by atoms with E-state index in [1.807, 2.05) is 18.7 Å². The molecule has 0 spiro atoms. The van der Waals surface area contributed by atoms with Crippen LogP contribution in [0.5, 0.6) is 0 Å². The van der Waals surface area contributed by atoms with Gasteiger partial charge in [-0.05, 0) is 13.8 Å². The molecule has 2 aliphatic heterocycles. The van der Waals surface area contributed by atoms with E-state index in [9.17, 15) is 4.79 Å². The van der Waals surface area contributed by atoms with Crippen molar-refractivity contribution in [3.05, 3.63) is 17.0 Å². The van der Waals surface area contributed by atoms with E-state index in [1.165, 1.54) is 5.56 Å². The Hall–Kier alpha value is -1.44. The first-order chi connectivity index (χ1) is 10.6. The molecule has 2 aliphatic rings. The van der Waals surface area contributed by atoms with Crippen LogP contribution in [0, 0.1) is 13.8 Å². The fraction of sp³-hybridized carbons (Fsp3) is 0.733. The van der Waals surface area contributed by atoms with Crippen LogP contribution in [-0.2, 0) is 16.1 Å². The Bertz CT molecular complexity index is 497. The Morgan fingerprint density at radius 2 is 2.09 bits per heavy atom. The molecule has 7 heteroatoms. The third kappa shape index (κ3) is 3.31. The highest BCUT2D eigenvalue weighted by Gasteiger charge is 2.29. The van der Waals surface area contributed by atoms with Crippen LogP contribution in [-0.4, -0.2) is 72.8 Å². The molecular weight excluding hydrogens is 284 g/mol. The Morgan fingerprint density at radius 1 is 1.32 bits per heavy atom. The third-order valence-electron chi connectivity index (χ3n) is 4.47. The Balaban J connectivity index is 1.51. The number of carbonyl (C=O) groups is 1. The number of aryl methyl sites for hydroxylation is 2. The number of aromatic nitrogens is 1. The first-order valence-electron chi connectivity index (χ1n) is 7.89. The molecule has 0 bridgehead atoms. The maximum absolute atomic E-state index is 12.4. The summed E-state index contributed by atoms with van der Waals surface area (Å²) in [7, 11) is 0. The minimum Gasteiger partial charge on any atom is -0.378 e. The first kappa shape index (κ1) is 15.5. The number of rotatable bonds is 3. The first-order valence-corrected chi connectivity index (χ1v) is 7.89. The number of hydrogen-bond acceptors (Lipinski definition) is 6. The number of nitrogens with one attached hydrogen (secondary N) is 1. The average molecular weight is 308 g/mol. The summed E-state index contributed by atoms with van der Waals surface area (Å²) in [5.74, 6) is 1.05. The SMILES string of the molecule is Cc1noc(C)c1CN1CCN(C(=O)[C@@H]2COCCN2)CC1. The van der Waals surface area contributed by atoms with Crippen molar-refractivity contribution in [2.75, 3.05) is 45.9 Å². The second kappa shape index (κ2) is 6.76. The van der Waals surface area contributed by atoms with E-state index in [0.29, 0.717) is 13.2 Å². The van der Waals surface area contributed by atoms with Gasteiger partial charge in [-0.3, -0.25) is 9.69 Å². The lowest BCUT2D eigenvalue weighted by Crippen LogP contribution is -2.57. The van der Waals surface area contributed by atoms with E-state index in [0.717, 1.165) is 50.7 Å². The van der Waals surface area contributed by atoms with Gasteiger partial charge in [0, 0.05) is 44.8 Å². The summed E-state index contributed by atoms with van der Waals surface area (Å²) in [6.45, 7) is 9.97. The van der Waals surface area contributed by atoms with Gasteiger partial charge in [0.25, 0.3) is 0 Å². The molecule has 22 heavy (non-hydrogen) atoms. The van der Waals surface area contributed by atoms with Crippen molar-refractivity contribution in [2.45, 2.75) is 26.4 Å². The molecule has 2 fully saturated rings. The van der Waals surface area contributed by atoms with E-state index < -0.39 is 0 Å². The summed E-state index contributed by atoms with van der Waals surface area (Å²) in [4.78, 5) is 16.7. The lowest BCUT2D eigenvalue weighted by molar-refractivity contribution is -0.138.